The van der Waals surface area contributed by atoms with Gasteiger partial charge < -0.3 is 15.0 Å². The molecule has 2 aliphatic rings. The Labute approximate surface area is 142 Å². The van der Waals surface area contributed by atoms with Gasteiger partial charge in [0.05, 0.1) is 5.57 Å². The fraction of sp³-hybridized carbons (Fsp3) is 0.500. The number of nitrogens with zero attached hydrogens (tertiary/aromatic N) is 1. The van der Waals surface area contributed by atoms with Crippen LogP contribution in [0.1, 0.15) is 25.3 Å². The van der Waals surface area contributed by atoms with Crippen LogP contribution in [0.4, 0.5) is 0 Å². The number of carbonyl (C=O) groups excluding carboxylic acids is 1. The third-order valence-corrected chi connectivity index (χ3v) is 4.78. The number of piperidine rings is 1. The minimum atomic E-state index is 0.0949. The summed E-state index contributed by atoms with van der Waals surface area (Å²) in [6.07, 6.45) is 4.04. The molecule has 1 aromatic carbocycles. The molecule has 0 bridgehead atoms. The maximum atomic E-state index is 12.7. The second kappa shape index (κ2) is 7.37. The Bertz CT molecular complexity index is 607. The van der Waals surface area contributed by atoms with E-state index in [0.29, 0.717) is 23.1 Å². The van der Waals surface area contributed by atoms with E-state index in [1.165, 1.54) is 0 Å². The number of nitrogens with one attached hydrogen (secondary N) is 1. The monoisotopic (exact) mass is 334 g/mol. The van der Waals surface area contributed by atoms with Gasteiger partial charge in [0.25, 0.3) is 5.91 Å². The highest BCUT2D eigenvalue weighted by Crippen LogP contribution is 2.30. The molecule has 0 aromatic heterocycles. The van der Waals surface area contributed by atoms with Crippen molar-refractivity contribution in [3.63, 3.8) is 0 Å². The van der Waals surface area contributed by atoms with E-state index in [2.05, 4.69) is 12.2 Å². The highest BCUT2D eigenvalue weighted by molar-refractivity contribution is 6.30. The lowest BCUT2D eigenvalue weighted by Crippen LogP contribution is -2.42. The number of likely N-dealkylation sites (tertiary alicyclic amines) is 1. The number of fused-ring (bicyclic) bond motifs is 1. The number of hydrogen-bond acceptors (Lipinski definition) is 3. The molecule has 124 valence electrons. The largest absolute Gasteiger partial charge is 0.488 e. The molecule has 1 N–H and O–H groups in total. The molecule has 5 heteroatoms. The summed E-state index contributed by atoms with van der Waals surface area (Å²) < 4.78 is 5.69. The summed E-state index contributed by atoms with van der Waals surface area (Å²) in [4.78, 5) is 14.6. The fourth-order valence-corrected chi connectivity index (χ4v) is 3.34. The van der Waals surface area contributed by atoms with Crippen LogP contribution < -0.4 is 10.1 Å². The Morgan fingerprint density at radius 1 is 1.39 bits per heavy atom. The second-order valence-corrected chi connectivity index (χ2v) is 6.62. The fourth-order valence-electron chi connectivity index (χ4n) is 3.16. The number of amides is 1. The predicted molar refractivity (Wildman–Crippen MR) is 92.8 cm³/mol. The number of halogens is 1. The third kappa shape index (κ3) is 3.88. The van der Waals surface area contributed by atoms with Crippen molar-refractivity contribution in [2.24, 2.45) is 5.92 Å². The summed E-state index contributed by atoms with van der Waals surface area (Å²) in [5.74, 6) is 1.56. The molecular weight excluding hydrogens is 312 g/mol. The van der Waals surface area contributed by atoms with Crippen LogP contribution >= 0.6 is 11.6 Å². The van der Waals surface area contributed by atoms with Gasteiger partial charge in [-0.3, -0.25) is 4.79 Å². The Kier molecular flexibility index (Phi) is 5.23. The van der Waals surface area contributed by atoms with Crippen LogP contribution in [-0.4, -0.2) is 43.6 Å². The van der Waals surface area contributed by atoms with Crippen molar-refractivity contribution in [1.29, 1.82) is 0 Å². The molecule has 0 aliphatic carbocycles. The van der Waals surface area contributed by atoms with E-state index in [1.54, 1.807) is 6.07 Å². The van der Waals surface area contributed by atoms with Crippen molar-refractivity contribution in [1.82, 2.24) is 10.2 Å². The van der Waals surface area contributed by atoms with Crippen molar-refractivity contribution < 1.29 is 9.53 Å². The van der Waals surface area contributed by atoms with E-state index in [4.69, 9.17) is 16.3 Å². The molecule has 1 amide bonds. The molecule has 1 aromatic rings. The van der Waals surface area contributed by atoms with E-state index >= 15 is 0 Å². The highest BCUT2D eigenvalue weighted by Gasteiger charge is 2.26. The molecule has 0 atom stereocenters. The normalized spacial score (nSPS) is 18.2. The predicted octanol–water partition coefficient (Wildman–Crippen LogP) is 2.96. The molecule has 4 nitrogen and oxygen atoms in total. The molecule has 0 spiro atoms. The highest BCUT2D eigenvalue weighted by atomic mass is 35.5. The number of ether oxygens (including phenoxy) is 1. The van der Waals surface area contributed by atoms with Gasteiger partial charge in [-0.1, -0.05) is 18.5 Å². The average Bonchev–Trinajstić information content (AvgIpc) is 2.59. The zero-order valence-electron chi connectivity index (χ0n) is 13.5. The molecule has 2 aliphatic heterocycles. The van der Waals surface area contributed by atoms with E-state index < -0.39 is 0 Å². The Morgan fingerprint density at radius 2 is 2.17 bits per heavy atom. The van der Waals surface area contributed by atoms with Gasteiger partial charge in [0.2, 0.25) is 0 Å². The SMILES string of the molecule is CCNCC1CCN(C(=O)C2=Cc3cc(Cl)ccc3OC2)CC1. The van der Waals surface area contributed by atoms with E-state index in [9.17, 15) is 4.79 Å². The van der Waals surface area contributed by atoms with Crippen LogP contribution in [0.25, 0.3) is 6.08 Å². The van der Waals surface area contributed by atoms with Crippen molar-refractivity contribution >= 4 is 23.6 Å². The van der Waals surface area contributed by atoms with Gasteiger partial charge in [0.1, 0.15) is 12.4 Å². The molecule has 23 heavy (non-hydrogen) atoms. The Hall–Kier alpha value is -1.52. The van der Waals surface area contributed by atoms with E-state index in [1.807, 2.05) is 23.1 Å². The van der Waals surface area contributed by atoms with Crippen molar-refractivity contribution in [2.45, 2.75) is 19.8 Å². The smallest absolute Gasteiger partial charge is 0.253 e. The zero-order chi connectivity index (χ0) is 16.2. The molecule has 1 saturated heterocycles. The standard InChI is InChI=1S/C18H23ClN2O2/c1-2-20-11-13-5-7-21(8-6-13)18(22)15-9-14-10-16(19)3-4-17(14)23-12-15/h3-4,9-10,13,20H,2,5-8,11-12H2,1H3. The Balaban J connectivity index is 1.63. The van der Waals surface area contributed by atoms with Crippen LogP contribution in [0, 0.1) is 5.92 Å². The lowest BCUT2D eigenvalue weighted by molar-refractivity contribution is -0.128. The lowest BCUT2D eigenvalue weighted by atomic mass is 9.96. The minimum Gasteiger partial charge on any atom is -0.488 e. The molecule has 1 fully saturated rings. The molecule has 0 saturated carbocycles. The summed E-state index contributed by atoms with van der Waals surface area (Å²) in [5, 5.41) is 4.05. The first-order valence-electron chi connectivity index (χ1n) is 8.30. The van der Waals surface area contributed by atoms with Crippen LogP contribution in [-0.2, 0) is 4.79 Å². The third-order valence-electron chi connectivity index (χ3n) is 4.54. The molecular formula is C18H23ClN2O2. The number of rotatable bonds is 4. The van der Waals surface area contributed by atoms with Gasteiger partial charge >= 0.3 is 0 Å². The first kappa shape index (κ1) is 16.3. The van der Waals surface area contributed by atoms with E-state index in [0.717, 1.165) is 50.3 Å². The zero-order valence-corrected chi connectivity index (χ0v) is 14.2. The summed E-state index contributed by atoms with van der Waals surface area (Å²) in [5.41, 5.74) is 1.60. The summed E-state index contributed by atoms with van der Waals surface area (Å²) in [6.45, 7) is 6.17. The van der Waals surface area contributed by atoms with Gasteiger partial charge in [0.15, 0.2) is 0 Å². The molecule has 3 rings (SSSR count). The second-order valence-electron chi connectivity index (χ2n) is 6.18. The van der Waals surface area contributed by atoms with Gasteiger partial charge in [-0.05, 0) is 56.1 Å². The first-order valence-corrected chi connectivity index (χ1v) is 8.68. The van der Waals surface area contributed by atoms with Crippen LogP contribution in [0.15, 0.2) is 23.8 Å². The maximum absolute atomic E-state index is 12.7. The van der Waals surface area contributed by atoms with Gasteiger partial charge in [-0.2, -0.15) is 0 Å². The average molecular weight is 335 g/mol. The van der Waals surface area contributed by atoms with Crippen molar-refractivity contribution in [3.05, 3.63) is 34.4 Å². The van der Waals surface area contributed by atoms with Gasteiger partial charge in [0, 0.05) is 23.7 Å². The topological polar surface area (TPSA) is 41.6 Å². The quantitative estimate of drug-likeness (QED) is 0.920. The van der Waals surface area contributed by atoms with Crippen molar-refractivity contribution in [2.75, 3.05) is 32.8 Å². The number of carbonyl (C=O) groups is 1. The lowest BCUT2D eigenvalue weighted by Gasteiger charge is -2.33. The Morgan fingerprint density at radius 3 is 2.91 bits per heavy atom. The molecule has 0 radical (unpaired) electrons. The summed E-state index contributed by atoms with van der Waals surface area (Å²) >= 11 is 6.02. The summed E-state index contributed by atoms with van der Waals surface area (Å²) in [7, 11) is 0. The number of hydrogen-bond donors (Lipinski definition) is 1. The van der Waals surface area contributed by atoms with Gasteiger partial charge in [-0.25, -0.2) is 0 Å². The van der Waals surface area contributed by atoms with E-state index in [-0.39, 0.29) is 5.91 Å². The van der Waals surface area contributed by atoms with Crippen molar-refractivity contribution in [3.8, 4) is 5.75 Å². The van der Waals surface area contributed by atoms with Crippen LogP contribution in [0.3, 0.4) is 0 Å². The summed E-state index contributed by atoms with van der Waals surface area (Å²) in [6, 6.07) is 5.49. The van der Waals surface area contributed by atoms with Gasteiger partial charge in [-0.15, -0.1) is 0 Å². The minimum absolute atomic E-state index is 0.0949. The van der Waals surface area contributed by atoms with Crippen LogP contribution in [0.5, 0.6) is 5.75 Å². The molecule has 2 heterocycles. The maximum Gasteiger partial charge on any atom is 0.253 e. The number of benzene rings is 1. The molecule has 0 unspecified atom stereocenters. The first-order chi connectivity index (χ1) is 11.2. The van der Waals surface area contributed by atoms with Crippen LogP contribution in [0.2, 0.25) is 5.02 Å².